The van der Waals surface area contributed by atoms with Crippen LogP contribution in [-0.4, -0.2) is 36.8 Å². The molecule has 0 saturated heterocycles. The Morgan fingerprint density at radius 3 is 2.29 bits per heavy atom. The average molecular weight is 332 g/mol. The van der Waals surface area contributed by atoms with Gasteiger partial charge in [-0.1, -0.05) is 0 Å². The largest absolute Gasteiger partial charge is 0.496 e. The minimum atomic E-state index is -0.506. The summed E-state index contributed by atoms with van der Waals surface area (Å²) in [6.45, 7) is 1.99. The molecule has 0 aliphatic rings. The Balaban J connectivity index is 2.43. The number of nitrogens with zero attached hydrogens (tertiary/aromatic N) is 2. The number of carbonyl (C=O) groups is 1. The number of anilines is 2. The molecule has 1 aromatic carbocycles. The number of rotatable bonds is 6. The maximum absolute atomic E-state index is 12.1. The highest BCUT2D eigenvalue weighted by Gasteiger charge is 2.21. The number of esters is 1. The van der Waals surface area contributed by atoms with E-state index in [4.69, 9.17) is 25.7 Å². The van der Waals surface area contributed by atoms with Gasteiger partial charge in [-0.15, -0.1) is 0 Å². The summed E-state index contributed by atoms with van der Waals surface area (Å²) in [6.07, 6.45) is 2.00. The van der Waals surface area contributed by atoms with Crippen LogP contribution < -0.4 is 20.9 Å². The summed E-state index contributed by atoms with van der Waals surface area (Å²) in [5.41, 5.74) is 13.1. The minimum absolute atomic E-state index is 0.115. The second-order valence-electron chi connectivity index (χ2n) is 4.91. The normalized spacial score (nSPS) is 10.3. The van der Waals surface area contributed by atoms with Crippen LogP contribution >= 0.6 is 0 Å². The van der Waals surface area contributed by atoms with Crippen molar-refractivity contribution in [2.75, 3.05) is 32.3 Å². The molecule has 2 aromatic rings. The van der Waals surface area contributed by atoms with E-state index in [1.165, 1.54) is 14.2 Å². The predicted octanol–water partition coefficient (Wildman–Crippen LogP) is 1.43. The first-order valence-corrected chi connectivity index (χ1v) is 7.29. The monoisotopic (exact) mass is 332 g/mol. The molecule has 0 aliphatic heterocycles. The van der Waals surface area contributed by atoms with E-state index in [0.29, 0.717) is 29.3 Å². The SMILES string of the molecule is CCOC(=O)c1c(OC)cc(Cc2cnc(N)nc2N)cc1OC. The van der Waals surface area contributed by atoms with Crippen LogP contribution in [-0.2, 0) is 11.2 Å². The van der Waals surface area contributed by atoms with Gasteiger partial charge in [0.1, 0.15) is 22.9 Å². The van der Waals surface area contributed by atoms with Crippen molar-refractivity contribution in [1.82, 2.24) is 9.97 Å². The Morgan fingerprint density at radius 2 is 1.79 bits per heavy atom. The van der Waals surface area contributed by atoms with Crippen LogP contribution in [0.3, 0.4) is 0 Å². The van der Waals surface area contributed by atoms with Gasteiger partial charge in [0, 0.05) is 18.2 Å². The molecule has 24 heavy (non-hydrogen) atoms. The van der Waals surface area contributed by atoms with Gasteiger partial charge in [0.25, 0.3) is 0 Å². The molecule has 0 radical (unpaired) electrons. The van der Waals surface area contributed by atoms with Gasteiger partial charge < -0.3 is 25.7 Å². The van der Waals surface area contributed by atoms with Crippen LogP contribution in [0.15, 0.2) is 18.3 Å². The lowest BCUT2D eigenvalue weighted by atomic mass is 10.0. The van der Waals surface area contributed by atoms with Crippen molar-refractivity contribution in [3.8, 4) is 11.5 Å². The lowest BCUT2D eigenvalue weighted by molar-refractivity contribution is 0.0519. The quantitative estimate of drug-likeness (QED) is 0.762. The van der Waals surface area contributed by atoms with Crippen LogP contribution in [0.2, 0.25) is 0 Å². The fourth-order valence-corrected chi connectivity index (χ4v) is 2.26. The van der Waals surface area contributed by atoms with Gasteiger partial charge in [-0.2, -0.15) is 4.98 Å². The molecule has 0 bridgehead atoms. The Morgan fingerprint density at radius 1 is 1.17 bits per heavy atom. The second-order valence-corrected chi connectivity index (χ2v) is 4.91. The van der Waals surface area contributed by atoms with Gasteiger partial charge in [-0.25, -0.2) is 9.78 Å². The summed E-state index contributed by atoms with van der Waals surface area (Å²) in [6, 6.07) is 3.45. The second kappa shape index (κ2) is 7.49. The van der Waals surface area contributed by atoms with Gasteiger partial charge in [-0.05, 0) is 24.6 Å². The molecule has 0 aliphatic carbocycles. The molecule has 0 unspecified atom stereocenters. The highest BCUT2D eigenvalue weighted by molar-refractivity contribution is 5.96. The predicted molar refractivity (Wildman–Crippen MR) is 89.2 cm³/mol. The number of hydrogen-bond acceptors (Lipinski definition) is 8. The fourth-order valence-electron chi connectivity index (χ4n) is 2.26. The van der Waals surface area contributed by atoms with E-state index >= 15 is 0 Å². The number of benzene rings is 1. The summed E-state index contributed by atoms with van der Waals surface area (Å²) in [7, 11) is 2.95. The Bertz CT molecular complexity index is 724. The van der Waals surface area contributed by atoms with E-state index in [1.807, 2.05) is 0 Å². The zero-order valence-electron chi connectivity index (χ0n) is 13.8. The first-order valence-electron chi connectivity index (χ1n) is 7.29. The van der Waals surface area contributed by atoms with Gasteiger partial charge in [0.05, 0.1) is 20.8 Å². The maximum atomic E-state index is 12.1. The van der Waals surface area contributed by atoms with Crippen molar-refractivity contribution >= 4 is 17.7 Å². The van der Waals surface area contributed by atoms with E-state index in [0.717, 1.165) is 5.56 Å². The van der Waals surface area contributed by atoms with Gasteiger partial charge in [0.2, 0.25) is 5.95 Å². The number of nitrogen functional groups attached to an aromatic ring is 2. The Kier molecular flexibility index (Phi) is 5.41. The zero-order chi connectivity index (χ0) is 17.7. The number of nitrogens with two attached hydrogens (primary N) is 2. The lowest BCUT2D eigenvalue weighted by Gasteiger charge is -2.15. The molecule has 0 spiro atoms. The molecule has 4 N–H and O–H groups in total. The maximum Gasteiger partial charge on any atom is 0.345 e. The summed E-state index contributed by atoms with van der Waals surface area (Å²) in [5.74, 6) is 0.627. The fraction of sp³-hybridized carbons (Fsp3) is 0.312. The average Bonchev–Trinajstić information content (AvgIpc) is 2.56. The minimum Gasteiger partial charge on any atom is -0.496 e. The number of hydrogen-bond donors (Lipinski definition) is 2. The highest BCUT2D eigenvalue weighted by atomic mass is 16.5. The van der Waals surface area contributed by atoms with Gasteiger partial charge >= 0.3 is 5.97 Å². The molecule has 0 saturated carbocycles. The van der Waals surface area contributed by atoms with Crippen molar-refractivity contribution in [3.05, 3.63) is 35.0 Å². The van der Waals surface area contributed by atoms with E-state index in [2.05, 4.69) is 9.97 Å². The van der Waals surface area contributed by atoms with Crippen LogP contribution in [0.1, 0.15) is 28.4 Å². The third-order valence-electron chi connectivity index (χ3n) is 3.36. The summed E-state index contributed by atoms with van der Waals surface area (Å²) >= 11 is 0. The zero-order valence-corrected chi connectivity index (χ0v) is 13.8. The first kappa shape index (κ1) is 17.3. The topological polar surface area (TPSA) is 123 Å². The molecular formula is C16H20N4O4. The smallest absolute Gasteiger partial charge is 0.345 e. The highest BCUT2D eigenvalue weighted by Crippen LogP contribution is 2.32. The molecule has 0 amide bonds. The molecule has 1 heterocycles. The molecule has 8 nitrogen and oxygen atoms in total. The summed E-state index contributed by atoms with van der Waals surface area (Å²) < 4.78 is 15.7. The summed E-state index contributed by atoms with van der Waals surface area (Å²) in [4.78, 5) is 20.0. The van der Waals surface area contributed by atoms with Crippen LogP contribution in [0.25, 0.3) is 0 Å². The van der Waals surface area contributed by atoms with Crippen molar-refractivity contribution in [2.45, 2.75) is 13.3 Å². The van der Waals surface area contributed by atoms with Crippen LogP contribution in [0, 0.1) is 0 Å². The lowest BCUT2D eigenvalue weighted by Crippen LogP contribution is -2.10. The van der Waals surface area contributed by atoms with Crippen LogP contribution in [0.4, 0.5) is 11.8 Å². The van der Waals surface area contributed by atoms with E-state index in [-0.39, 0.29) is 18.1 Å². The third kappa shape index (κ3) is 3.65. The van der Waals surface area contributed by atoms with Gasteiger partial charge in [0.15, 0.2) is 0 Å². The van der Waals surface area contributed by atoms with E-state index in [9.17, 15) is 4.79 Å². The number of ether oxygens (including phenoxy) is 3. The van der Waals surface area contributed by atoms with E-state index in [1.54, 1.807) is 25.3 Å². The molecule has 0 fully saturated rings. The molecule has 0 atom stereocenters. The van der Waals surface area contributed by atoms with Crippen LogP contribution in [0.5, 0.6) is 11.5 Å². The van der Waals surface area contributed by atoms with Crippen molar-refractivity contribution in [2.24, 2.45) is 0 Å². The molecular weight excluding hydrogens is 312 g/mol. The molecule has 2 rings (SSSR count). The van der Waals surface area contributed by atoms with Crippen molar-refractivity contribution in [1.29, 1.82) is 0 Å². The van der Waals surface area contributed by atoms with Crippen molar-refractivity contribution < 1.29 is 19.0 Å². The number of methoxy groups -OCH3 is 2. The molecule has 8 heteroatoms. The standard InChI is InChI=1S/C16H20N4O4/c1-4-24-15(21)13-11(22-2)6-9(7-12(13)23-3)5-10-8-19-16(18)20-14(10)17/h6-8H,4-5H2,1-3H3,(H4,17,18,19,20). The molecule has 1 aromatic heterocycles. The summed E-state index contributed by atoms with van der Waals surface area (Å²) in [5, 5.41) is 0. The third-order valence-corrected chi connectivity index (χ3v) is 3.36. The Labute approximate surface area is 139 Å². The number of carbonyl (C=O) groups excluding carboxylic acids is 1. The van der Waals surface area contributed by atoms with Gasteiger partial charge in [-0.3, -0.25) is 0 Å². The van der Waals surface area contributed by atoms with Crippen molar-refractivity contribution in [3.63, 3.8) is 0 Å². The first-order chi connectivity index (χ1) is 11.5. The number of aromatic nitrogens is 2. The Hall–Kier alpha value is -3.03. The molecule has 128 valence electrons. The van der Waals surface area contributed by atoms with E-state index < -0.39 is 5.97 Å².